The summed E-state index contributed by atoms with van der Waals surface area (Å²) in [4.78, 5) is 4.58. The summed E-state index contributed by atoms with van der Waals surface area (Å²) in [6.45, 7) is 4.45. The van der Waals surface area contributed by atoms with Gasteiger partial charge >= 0.3 is 0 Å². The number of hydrogen-bond donors (Lipinski definition) is 0. The Kier molecular flexibility index (Phi) is 2.68. The molecule has 0 N–H and O–H groups in total. The Labute approximate surface area is 84.2 Å². The van der Waals surface area contributed by atoms with Gasteiger partial charge in [-0.15, -0.1) is 11.3 Å². The highest BCUT2D eigenvalue weighted by Crippen LogP contribution is 2.36. The van der Waals surface area contributed by atoms with Crippen molar-refractivity contribution in [3.8, 4) is 0 Å². The van der Waals surface area contributed by atoms with Gasteiger partial charge < -0.3 is 0 Å². The molecule has 0 aromatic carbocycles. The highest BCUT2D eigenvalue weighted by Gasteiger charge is 2.21. The summed E-state index contributed by atoms with van der Waals surface area (Å²) in [5, 5.41) is 3.55. The van der Waals surface area contributed by atoms with E-state index in [1.807, 2.05) is 11.3 Å². The molecule has 1 aliphatic carbocycles. The molecule has 1 nitrogen and oxygen atoms in total. The molecule has 2 rings (SSSR count). The minimum absolute atomic E-state index is 0.773. The van der Waals surface area contributed by atoms with E-state index in [-0.39, 0.29) is 0 Å². The van der Waals surface area contributed by atoms with E-state index in [2.05, 4.69) is 24.2 Å². The minimum atomic E-state index is 0.773. The lowest BCUT2D eigenvalue weighted by molar-refractivity contribution is 0.347. The molecule has 13 heavy (non-hydrogen) atoms. The molecule has 0 bridgehead atoms. The Morgan fingerprint density at radius 2 is 2.00 bits per heavy atom. The van der Waals surface area contributed by atoms with Crippen LogP contribution in [0.5, 0.6) is 0 Å². The van der Waals surface area contributed by atoms with Crippen molar-refractivity contribution in [2.45, 2.75) is 45.4 Å². The van der Waals surface area contributed by atoms with E-state index >= 15 is 0 Å². The van der Waals surface area contributed by atoms with Crippen LogP contribution >= 0.6 is 11.3 Å². The first-order valence-corrected chi connectivity index (χ1v) is 6.05. The first-order chi connectivity index (χ1) is 6.25. The molecule has 0 atom stereocenters. The lowest BCUT2D eigenvalue weighted by atomic mass is 9.83. The second kappa shape index (κ2) is 3.79. The van der Waals surface area contributed by atoms with Crippen molar-refractivity contribution in [2.24, 2.45) is 5.92 Å². The molecule has 0 spiro atoms. The normalized spacial score (nSPS) is 29.1. The van der Waals surface area contributed by atoms with Crippen LogP contribution in [0, 0.1) is 12.8 Å². The van der Waals surface area contributed by atoms with E-state index in [1.165, 1.54) is 36.4 Å². The molecule has 1 aromatic heterocycles. The first-order valence-electron chi connectivity index (χ1n) is 5.17. The van der Waals surface area contributed by atoms with Crippen LogP contribution in [0.4, 0.5) is 0 Å². The fourth-order valence-electron chi connectivity index (χ4n) is 2.07. The molecule has 0 radical (unpaired) electrons. The lowest BCUT2D eigenvalue weighted by Gasteiger charge is -2.24. The van der Waals surface area contributed by atoms with Crippen LogP contribution in [0.3, 0.4) is 0 Å². The van der Waals surface area contributed by atoms with Gasteiger partial charge in [-0.25, -0.2) is 4.98 Å². The van der Waals surface area contributed by atoms with Crippen molar-refractivity contribution < 1.29 is 0 Å². The molecule has 1 saturated carbocycles. The molecule has 1 aliphatic rings. The number of nitrogens with zero attached hydrogens (tertiary/aromatic N) is 1. The van der Waals surface area contributed by atoms with E-state index in [0.717, 1.165) is 11.8 Å². The number of aryl methyl sites for hydroxylation is 1. The van der Waals surface area contributed by atoms with Gasteiger partial charge in [-0.1, -0.05) is 19.8 Å². The van der Waals surface area contributed by atoms with Gasteiger partial charge in [0.2, 0.25) is 0 Å². The zero-order valence-electron chi connectivity index (χ0n) is 8.42. The van der Waals surface area contributed by atoms with Gasteiger partial charge in [0.05, 0.1) is 5.01 Å². The molecule has 0 amide bonds. The van der Waals surface area contributed by atoms with Crippen LogP contribution in [0.1, 0.15) is 49.2 Å². The second-order valence-electron chi connectivity index (χ2n) is 4.28. The Morgan fingerprint density at radius 1 is 1.31 bits per heavy atom. The van der Waals surface area contributed by atoms with Crippen LogP contribution in [-0.4, -0.2) is 4.98 Å². The van der Waals surface area contributed by atoms with Crippen molar-refractivity contribution in [3.05, 3.63) is 16.1 Å². The molecular formula is C11H17NS. The predicted octanol–water partition coefficient (Wildman–Crippen LogP) is 3.75. The highest BCUT2D eigenvalue weighted by atomic mass is 32.1. The van der Waals surface area contributed by atoms with Crippen LogP contribution in [0.2, 0.25) is 0 Å². The Hall–Kier alpha value is -0.370. The Morgan fingerprint density at radius 3 is 2.54 bits per heavy atom. The van der Waals surface area contributed by atoms with Crippen LogP contribution < -0.4 is 0 Å². The maximum Gasteiger partial charge on any atom is 0.0959 e. The third-order valence-corrected chi connectivity index (χ3v) is 4.13. The SMILES string of the molecule is Cc1csc(C2CCC(C)CC2)n1. The van der Waals surface area contributed by atoms with Crippen LogP contribution in [-0.2, 0) is 0 Å². The zero-order chi connectivity index (χ0) is 9.26. The zero-order valence-corrected chi connectivity index (χ0v) is 9.23. The van der Waals surface area contributed by atoms with E-state index in [9.17, 15) is 0 Å². The number of hydrogen-bond acceptors (Lipinski definition) is 2. The lowest BCUT2D eigenvalue weighted by Crippen LogP contribution is -2.10. The fraction of sp³-hybridized carbons (Fsp3) is 0.727. The molecule has 0 saturated heterocycles. The molecule has 1 fully saturated rings. The maximum atomic E-state index is 4.58. The van der Waals surface area contributed by atoms with Crippen molar-refractivity contribution >= 4 is 11.3 Å². The molecule has 0 unspecified atom stereocenters. The average Bonchev–Trinajstić information content (AvgIpc) is 2.53. The minimum Gasteiger partial charge on any atom is -0.246 e. The summed E-state index contributed by atoms with van der Waals surface area (Å²) >= 11 is 1.85. The maximum absolute atomic E-state index is 4.58. The van der Waals surface area contributed by atoms with E-state index in [0.29, 0.717) is 0 Å². The summed E-state index contributed by atoms with van der Waals surface area (Å²) < 4.78 is 0. The van der Waals surface area contributed by atoms with Gasteiger partial charge in [0, 0.05) is 17.0 Å². The van der Waals surface area contributed by atoms with Crippen LogP contribution in [0.25, 0.3) is 0 Å². The Balaban J connectivity index is 2.02. The average molecular weight is 195 g/mol. The fourth-order valence-corrected chi connectivity index (χ4v) is 3.04. The van der Waals surface area contributed by atoms with Crippen molar-refractivity contribution in [2.75, 3.05) is 0 Å². The number of aromatic nitrogens is 1. The van der Waals surface area contributed by atoms with E-state index < -0.39 is 0 Å². The van der Waals surface area contributed by atoms with E-state index in [1.54, 1.807) is 0 Å². The first kappa shape index (κ1) is 9.20. The Bertz CT molecular complexity index is 271. The number of thiazole rings is 1. The number of rotatable bonds is 1. The smallest absolute Gasteiger partial charge is 0.0959 e. The van der Waals surface area contributed by atoms with Gasteiger partial charge in [0.25, 0.3) is 0 Å². The third kappa shape index (κ3) is 2.11. The van der Waals surface area contributed by atoms with Crippen molar-refractivity contribution in [1.29, 1.82) is 0 Å². The van der Waals surface area contributed by atoms with Crippen molar-refractivity contribution in [3.63, 3.8) is 0 Å². The topological polar surface area (TPSA) is 12.9 Å². The van der Waals surface area contributed by atoms with Gasteiger partial charge in [-0.05, 0) is 25.7 Å². The molecule has 1 aromatic rings. The van der Waals surface area contributed by atoms with E-state index in [4.69, 9.17) is 0 Å². The van der Waals surface area contributed by atoms with Gasteiger partial charge in [-0.3, -0.25) is 0 Å². The molecule has 0 aliphatic heterocycles. The standard InChI is InChI=1S/C11H17NS/c1-8-3-5-10(6-4-8)11-12-9(2)7-13-11/h7-8,10H,3-6H2,1-2H3. The summed E-state index contributed by atoms with van der Waals surface area (Å²) in [6, 6.07) is 0. The van der Waals surface area contributed by atoms with Crippen molar-refractivity contribution in [1.82, 2.24) is 4.98 Å². The molecular weight excluding hydrogens is 178 g/mol. The summed E-state index contributed by atoms with van der Waals surface area (Å²) in [7, 11) is 0. The third-order valence-electron chi connectivity index (χ3n) is 3.00. The molecule has 1 heterocycles. The molecule has 2 heteroatoms. The van der Waals surface area contributed by atoms with Crippen LogP contribution in [0.15, 0.2) is 5.38 Å². The predicted molar refractivity (Wildman–Crippen MR) is 57.2 cm³/mol. The summed E-state index contributed by atoms with van der Waals surface area (Å²) in [6.07, 6.45) is 5.49. The molecule has 72 valence electrons. The monoisotopic (exact) mass is 195 g/mol. The summed E-state index contributed by atoms with van der Waals surface area (Å²) in [5.74, 6) is 1.72. The van der Waals surface area contributed by atoms with Gasteiger partial charge in [0.1, 0.15) is 0 Å². The van der Waals surface area contributed by atoms with Gasteiger partial charge in [0.15, 0.2) is 0 Å². The van der Waals surface area contributed by atoms with Gasteiger partial charge in [-0.2, -0.15) is 0 Å². The summed E-state index contributed by atoms with van der Waals surface area (Å²) in [5.41, 5.74) is 1.19. The largest absolute Gasteiger partial charge is 0.246 e. The second-order valence-corrected chi connectivity index (χ2v) is 5.17. The highest BCUT2D eigenvalue weighted by molar-refractivity contribution is 7.09. The quantitative estimate of drug-likeness (QED) is 0.665.